The fraction of sp³-hybridized carbons (Fsp3) is 0.933. The summed E-state index contributed by atoms with van der Waals surface area (Å²) in [6.07, 6.45) is 4.64. The number of carbonyl (C=O) groups excluding carboxylic acids is 1. The van der Waals surface area contributed by atoms with Crippen LogP contribution in [0.5, 0.6) is 0 Å². The van der Waals surface area contributed by atoms with E-state index in [-0.39, 0.29) is 5.91 Å². The molecular weight excluding hydrogens is 256 g/mol. The number of nitrogens with two attached hydrogens (primary N) is 1. The van der Waals surface area contributed by atoms with E-state index in [1.54, 1.807) is 6.92 Å². The molecule has 3 N–H and O–H groups in total. The van der Waals surface area contributed by atoms with E-state index in [9.17, 15) is 4.79 Å². The summed E-state index contributed by atoms with van der Waals surface area (Å²) in [5, 5.41) is 2.88. The number of carbonyl (C=O) groups is 1. The van der Waals surface area contributed by atoms with E-state index in [2.05, 4.69) is 5.32 Å². The highest BCUT2D eigenvalue weighted by Crippen LogP contribution is 2.14. The van der Waals surface area contributed by atoms with Crippen LogP contribution in [-0.2, 0) is 14.3 Å². The van der Waals surface area contributed by atoms with Crippen molar-refractivity contribution in [2.75, 3.05) is 33.0 Å². The van der Waals surface area contributed by atoms with Crippen LogP contribution < -0.4 is 11.1 Å². The monoisotopic (exact) mass is 286 g/mol. The Bertz CT molecular complexity index is 276. The van der Waals surface area contributed by atoms with Crippen molar-refractivity contribution in [2.45, 2.75) is 51.5 Å². The summed E-state index contributed by atoms with van der Waals surface area (Å²) in [7, 11) is 0. The summed E-state index contributed by atoms with van der Waals surface area (Å²) < 4.78 is 11.0. The summed E-state index contributed by atoms with van der Waals surface area (Å²) in [6.45, 7) is 7.65. The van der Waals surface area contributed by atoms with Crippen molar-refractivity contribution in [1.82, 2.24) is 5.32 Å². The van der Waals surface area contributed by atoms with Gasteiger partial charge in [-0.15, -0.1) is 0 Å². The van der Waals surface area contributed by atoms with E-state index in [1.807, 2.05) is 6.92 Å². The number of hydrogen-bond donors (Lipinski definition) is 2. The topological polar surface area (TPSA) is 73.6 Å². The molecule has 1 amide bonds. The SMILES string of the molecule is CCCC(C)(N)C(=O)NCCCOCC1CCOCC1. The van der Waals surface area contributed by atoms with Gasteiger partial charge in [0.05, 0.1) is 5.54 Å². The van der Waals surface area contributed by atoms with Gasteiger partial charge in [-0.3, -0.25) is 4.79 Å². The lowest BCUT2D eigenvalue weighted by Gasteiger charge is -2.23. The molecule has 0 aromatic rings. The second-order valence-electron chi connectivity index (χ2n) is 5.91. The Hall–Kier alpha value is -0.650. The Labute approximate surface area is 122 Å². The van der Waals surface area contributed by atoms with Crippen LogP contribution in [0.4, 0.5) is 0 Å². The molecule has 1 aliphatic rings. The molecular formula is C15H30N2O3. The maximum absolute atomic E-state index is 11.8. The van der Waals surface area contributed by atoms with Crippen LogP contribution in [-0.4, -0.2) is 44.4 Å². The van der Waals surface area contributed by atoms with Crippen molar-refractivity contribution in [3.05, 3.63) is 0 Å². The quantitative estimate of drug-likeness (QED) is 0.629. The Morgan fingerprint density at radius 2 is 2.15 bits per heavy atom. The molecule has 1 aliphatic heterocycles. The molecule has 5 nitrogen and oxygen atoms in total. The van der Waals surface area contributed by atoms with Gasteiger partial charge in [-0.2, -0.15) is 0 Å². The third kappa shape index (κ3) is 6.68. The molecule has 0 aromatic carbocycles. The maximum atomic E-state index is 11.8. The lowest BCUT2D eigenvalue weighted by molar-refractivity contribution is -0.126. The van der Waals surface area contributed by atoms with Crippen LogP contribution in [0, 0.1) is 5.92 Å². The third-order valence-electron chi connectivity index (χ3n) is 3.73. The van der Waals surface area contributed by atoms with E-state index >= 15 is 0 Å². The summed E-state index contributed by atoms with van der Waals surface area (Å²) in [6, 6.07) is 0. The average molecular weight is 286 g/mol. The van der Waals surface area contributed by atoms with E-state index in [0.29, 0.717) is 25.5 Å². The normalized spacial score (nSPS) is 19.6. The lowest BCUT2D eigenvalue weighted by Crippen LogP contribution is -2.51. The predicted octanol–water partition coefficient (Wildman–Crippen LogP) is 1.45. The maximum Gasteiger partial charge on any atom is 0.239 e. The Kier molecular flexibility index (Phi) is 8.11. The van der Waals surface area contributed by atoms with Crippen molar-refractivity contribution in [3.63, 3.8) is 0 Å². The van der Waals surface area contributed by atoms with E-state index < -0.39 is 5.54 Å². The van der Waals surface area contributed by atoms with Crippen molar-refractivity contribution in [1.29, 1.82) is 0 Å². The molecule has 1 heterocycles. The zero-order valence-corrected chi connectivity index (χ0v) is 13.0. The van der Waals surface area contributed by atoms with Crippen LogP contribution in [0.3, 0.4) is 0 Å². The molecule has 1 atom stereocenters. The molecule has 1 unspecified atom stereocenters. The van der Waals surface area contributed by atoms with Gasteiger partial charge in [0.2, 0.25) is 5.91 Å². The number of amides is 1. The highest BCUT2D eigenvalue weighted by Gasteiger charge is 2.26. The molecule has 0 aromatic heterocycles. The fourth-order valence-corrected chi connectivity index (χ4v) is 2.37. The third-order valence-corrected chi connectivity index (χ3v) is 3.73. The first kappa shape index (κ1) is 17.4. The van der Waals surface area contributed by atoms with Crippen molar-refractivity contribution < 1.29 is 14.3 Å². The predicted molar refractivity (Wildman–Crippen MR) is 79.5 cm³/mol. The lowest BCUT2D eigenvalue weighted by atomic mass is 9.96. The first-order valence-corrected chi connectivity index (χ1v) is 7.79. The number of rotatable bonds is 9. The first-order valence-electron chi connectivity index (χ1n) is 7.79. The Balaban J connectivity index is 2.00. The van der Waals surface area contributed by atoms with Crippen molar-refractivity contribution >= 4 is 5.91 Å². The van der Waals surface area contributed by atoms with Gasteiger partial charge in [0.25, 0.3) is 0 Å². The van der Waals surface area contributed by atoms with Crippen LogP contribution in [0.25, 0.3) is 0 Å². The Morgan fingerprint density at radius 3 is 2.80 bits per heavy atom. The van der Waals surface area contributed by atoms with Crippen LogP contribution in [0.2, 0.25) is 0 Å². The first-order chi connectivity index (χ1) is 9.56. The van der Waals surface area contributed by atoms with Crippen LogP contribution >= 0.6 is 0 Å². The van der Waals surface area contributed by atoms with Gasteiger partial charge in [0.1, 0.15) is 0 Å². The molecule has 1 rings (SSSR count). The van der Waals surface area contributed by atoms with Gasteiger partial charge >= 0.3 is 0 Å². The molecule has 0 radical (unpaired) electrons. The molecule has 0 aliphatic carbocycles. The van der Waals surface area contributed by atoms with Crippen LogP contribution in [0.1, 0.15) is 46.0 Å². The zero-order valence-electron chi connectivity index (χ0n) is 13.0. The van der Waals surface area contributed by atoms with Crippen molar-refractivity contribution in [2.24, 2.45) is 11.7 Å². The summed E-state index contributed by atoms with van der Waals surface area (Å²) in [4.78, 5) is 11.8. The van der Waals surface area contributed by atoms with Gasteiger partial charge in [-0.05, 0) is 38.5 Å². The molecule has 1 fully saturated rings. The van der Waals surface area contributed by atoms with E-state index in [0.717, 1.165) is 45.5 Å². The minimum Gasteiger partial charge on any atom is -0.381 e. The molecule has 0 bridgehead atoms. The molecule has 1 saturated heterocycles. The summed E-state index contributed by atoms with van der Waals surface area (Å²) in [5.74, 6) is 0.569. The van der Waals surface area contributed by atoms with Gasteiger partial charge in [-0.1, -0.05) is 13.3 Å². The zero-order chi connectivity index (χ0) is 14.8. The van der Waals surface area contributed by atoms with Crippen molar-refractivity contribution in [3.8, 4) is 0 Å². The number of nitrogens with one attached hydrogen (secondary N) is 1. The van der Waals surface area contributed by atoms with Gasteiger partial charge in [-0.25, -0.2) is 0 Å². The van der Waals surface area contributed by atoms with E-state index in [1.165, 1.54) is 0 Å². The van der Waals surface area contributed by atoms with Gasteiger partial charge in [0.15, 0.2) is 0 Å². The minimum absolute atomic E-state index is 0.0659. The second-order valence-corrected chi connectivity index (χ2v) is 5.91. The summed E-state index contributed by atoms with van der Waals surface area (Å²) >= 11 is 0. The summed E-state index contributed by atoms with van der Waals surface area (Å²) in [5.41, 5.74) is 5.20. The van der Waals surface area contributed by atoms with Crippen LogP contribution in [0.15, 0.2) is 0 Å². The molecule has 0 spiro atoms. The second kappa shape index (κ2) is 9.32. The molecule has 118 valence electrons. The molecule has 0 saturated carbocycles. The van der Waals surface area contributed by atoms with E-state index in [4.69, 9.17) is 15.2 Å². The molecule has 20 heavy (non-hydrogen) atoms. The highest BCUT2D eigenvalue weighted by atomic mass is 16.5. The largest absolute Gasteiger partial charge is 0.381 e. The Morgan fingerprint density at radius 1 is 1.45 bits per heavy atom. The highest BCUT2D eigenvalue weighted by molar-refractivity contribution is 5.85. The standard InChI is InChI=1S/C15H30N2O3/c1-3-7-15(2,16)14(18)17-8-4-9-20-12-13-5-10-19-11-6-13/h13H,3-12,16H2,1-2H3,(H,17,18). The number of ether oxygens (including phenoxy) is 2. The number of hydrogen-bond acceptors (Lipinski definition) is 4. The fourth-order valence-electron chi connectivity index (χ4n) is 2.37. The molecule has 5 heteroatoms. The van der Waals surface area contributed by atoms with Gasteiger partial charge < -0.3 is 20.5 Å². The smallest absolute Gasteiger partial charge is 0.239 e. The van der Waals surface area contributed by atoms with Gasteiger partial charge in [0, 0.05) is 33.0 Å². The minimum atomic E-state index is -0.752. The average Bonchev–Trinajstić information content (AvgIpc) is 2.43.